The van der Waals surface area contributed by atoms with Gasteiger partial charge in [0.2, 0.25) is 0 Å². The summed E-state index contributed by atoms with van der Waals surface area (Å²) in [6.45, 7) is 0. The van der Waals surface area contributed by atoms with E-state index in [0.717, 1.165) is 0 Å². The Morgan fingerprint density at radius 1 is 1.71 bits per heavy atom. The zero-order valence-electron chi connectivity index (χ0n) is 9.47. The molecule has 0 bridgehead atoms. The molecule has 17 heavy (non-hydrogen) atoms. The van der Waals surface area contributed by atoms with Crippen molar-refractivity contribution in [2.24, 2.45) is 5.73 Å². The third kappa shape index (κ3) is 2.76. The molecule has 88 valence electrons. The van der Waals surface area contributed by atoms with Crippen molar-refractivity contribution >= 4 is 27.6 Å². The van der Waals surface area contributed by atoms with E-state index in [9.17, 15) is 8.78 Å². The second-order valence-electron chi connectivity index (χ2n) is 3.70. The van der Waals surface area contributed by atoms with E-state index in [4.69, 9.17) is 11.1 Å². The predicted molar refractivity (Wildman–Crippen MR) is 60.7 cm³/mol. The molecule has 1 unspecified atom stereocenters. The molecule has 0 aliphatic heterocycles. The van der Waals surface area contributed by atoms with E-state index < -0.39 is 12.0 Å². The number of nitrogens with zero attached hydrogens (tertiary/aromatic N) is 2. The molecular weight excluding hydrogens is 321 g/mol. The zero-order valence-corrected chi connectivity index (χ0v) is 14.2. The molecule has 0 saturated heterocycles. The summed E-state index contributed by atoms with van der Waals surface area (Å²) in [6, 6.07) is -0.865. The molecule has 0 amide bonds. The monoisotopic (exact) mass is 330 g/mol. The van der Waals surface area contributed by atoms with Crippen molar-refractivity contribution in [2.45, 2.75) is 18.4 Å². The number of halogens is 3. The molecule has 1 atom stereocenters. The topological polar surface area (TPSA) is 68.9 Å². The number of nitrogens with one attached hydrogen (secondary N) is 1. The second kappa shape index (κ2) is 5.26. The summed E-state index contributed by atoms with van der Waals surface area (Å²) in [7, 11) is 1.49. The predicted octanol–water partition coefficient (Wildman–Crippen LogP) is -0.246. The minimum absolute atomic E-state index is 0. The summed E-state index contributed by atoms with van der Waals surface area (Å²) in [6.07, 6.45) is 1.32. The number of hydrogen-bond donors (Lipinski definition) is 2. The van der Waals surface area contributed by atoms with Gasteiger partial charge in [0, 0.05) is 22.5 Å². The van der Waals surface area contributed by atoms with E-state index in [-0.39, 0.29) is 63.6 Å². The standard InChI is InChI=1S/C9H10BrF2N4.K/c1-15-8-6(7(13)14)4(10)3-16(8)5-2-9(5,11)12;/h3,5H,2H2,1H3,(H3,13,14);/q-1;+1. The normalized spacial score (nSPS) is 20.6. The number of alkyl halides is 2. The average Bonchev–Trinajstić information content (AvgIpc) is 2.67. The summed E-state index contributed by atoms with van der Waals surface area (Å²) in [5.74, 6) is -2.54. The number of nitrogen functional groups attached to an aromatic ring is 1. The Balaban J connectivity index is 0.00000144. The van der Waals surface area contributed by atoms with Crippen LogP contribution in [0.15, 0.2) is 10.7 Å². The van der Waals surface area contributed by atoms with Crippen LogP contribution in [-0.4, -0.2) is 23.4 Å². The van der Waals surface area contributed by atoms with Gasteiger partial charge in [-0.05, 0) is 5.82 Å². The quantitative estimate of drug-likeness (QED) is 0.448. The van der Waals surface area contributed by atoms with Crippen LogP contribution >= 0.6 is 15.9 Å². The number of nitrogens with two attached hydrogens (primary N) is 1. The third-order valence-electron chi connectivity index (χ3n) is 2.57. The van der Waals surface area contributed by atoms with Gasteiger partial charge in [0.15, 0.2) is 0 Å². The maximum absolute atomic E-state index is 13.0. The Bertz CT molecular complexity index is 460. The molecule has 0 radical (unpaired) electrons. The van der Waals surface area contributed by atoms with E-state index in [0.29, 0.717) is 15.9 Å². The molecular formula is C9H10BrF2KN4. The van der Waals surface area contributed by atoms with E-state index in [2.05, 4.69) is 21.2 Å². The number of amidine groups is 1. The first-order valence-corrected chi connectivity index (χ1v) is 5.40. The maximum Gasteiger partial charge on any atom is 1.00 e. The van der Waals surface area contributed by atoms with Crippen LogP contribution in [0.3, 0.4) is 0 Å². The van der Waals surface area contributed by atoms with Gasteiger partial charge in [0.1, 0.15) is 5.84 Å². The van der Waals surface area contributed by atoms with Crippen LogP contribution in [0.2, 0.25) is 0 Å². The maximum atomic E-state index is 13.0. The van der Waals surface area contributed by atoms with Gasteiger partial charge in [-0.25, -0.2) is 8.78 Å². The minimum atomic E-state index is -2.67. The summed E-state index contributed by atoms with van der Waals surface area (Å²) in [4.78, 5) is 0. The van der Waals surface area contributed by atoms with Crippen LogP contribution in [0.4, 0.5) is 14.6 Å². The Labute approximate surface area is 148 Å². The molecule has 3 N–H and O–H groups in total. The first-order chi connectivity index (χ1) is 7.38. The summed E-state index contributed by atoms with van der Waals surface area (Å²) in [5.41, 5.74) is 5.75. The van der Waals surface area contributed by atoms with Gasteiger partial charge in [-0.1, -0.05) is 29.2 Å². The van der Waals surface area contributed by atoms with Crippen LogP contribution in [0, 0.1) is 5.41 Å². The Morgan fingerprint density at radius 2 is 2.24 bits per heavy atom. The van der Waals surface area contributed by atoms with Crippen molar-refractivity contribution in [3.63, 3.8) is 0 Å². The fourth-order valence-electron chi connectivity index (χ4n) is 1.70. The zero-order chi connectivity index (χ0) is 12.1. The number of aromatic nitrogens is 1. The molecule has 1 saturated carbocycles. The van der Waals surface area contributed by atoms with Gasteiger partial charge in [0.05, 0.1) is 0 Å². The van der Waals surface area contributed by atoms with Gasteiger partial charge >= 0.3 is 51.4 Å². The van der Waals surface area contributed by atoms with Gasteiger partial charge < -0.3 is 15.6 Å². The van der Waals surface area contributed by atoms with Crippen LogP contribution < -0.4 is 57.1 Å². The second-order valence-corrected chi connectivity index (χ2v) is 4.56. The fraction of sp³-hybridized carbons (Fsp3) is 0.444. The molecule has 4 nitrogen and oxygen atoms in total. The fourth-order valence-corrected chi connectivity index (χ4v) is 2.31. The average molecular weight is 331 g/mol. The summed E-state index contributed by atoms with van der Waals surface area (Å²) in [5, 5.41) is 11.3. The Kier molecular flexibility index (Phi) is 4.82. The van der Waals surface area contributed by atoms with Crippen molar-refractivity contribution in [3.05, 3.63) is 21.5 Å². The molecule has 1 aromatic heterocycles. The SMILES string of the molecule is C[N-]c1c(C(=N)N)c(Br)cn1C1CC1(F)F.[K+]. The van der Waals surface area contributed by atoms with E-state index in [1.165, 1.54) is 17.8 Å². The Hall–Kier alpha value is 0.526. The summed E-state index contributed by atoms with van der Waals surface area (Å²) < 4.78 is 27.8. The summed E-state index contributed by atoms with van der Waals surface area (Å²) >= 11 is 3.20. The molecule has 2 rings (SSSR count). The first-order valence-electron chi connectivity index (χ1n) is 4.61. The van der Waals surface area contributed by atoms with E-state index in [1.807, 2.05) is 0 Å². The number of rotatable bonds is 3. The largest absolute Gasteiger partial charge is 1.00 e. The van der Waals surface area contributed by atoms with Gasteiger partial charge in [-0.3, -0.25) is 5.41 Å². The van der Waals surface area contributed by atoms with Crippen LogP contribution in [-0.2, 0) is 0 Å². The van der Waals surface area contributed by atoms with Crippen molar-refractivity contribution in [1.29, 1.82) is 5.41 Å². The smallest absolute Gasteiger partial charge is 0.468 e. The molecule has 0 spiro atoms. The molecule has 1 heterocycles. The van der Waals surface area contributed by atoms with Crippen LogP contribution in [0.5, 0.6) is 0 Å². The molecule has 1 fully saturated rings. The first kappa shape index (κ1) is 15.6. The van der Waals surface area contributed by atoms with Crippen molar-refractivity contribution in [1.82, 2.24) is 4.57 Å². The molecule has 1 aromatic rings. The molecule has 1 aliphatic rings. The van der Waals surface area contributed by atoms with Gasteiger partial charge in [-0.15, -0.1) is 0 Å². The van der Waals surface area contributed by atoms with Crippen molar-refractivity contribution in [3.8, 4) is 0 Å². The third-order valence-corrected chi connectivity index (χ3v) is 3.17. The van der Waals surface area contributed by atoms with Gasteiger partial charge in [-0.2, -0.15) is 0 Å². The van der Waals surface area contributed by atoms with Crippen molar-refractivity contribution in [2.75, 3.05) is 7.05 Å². The van der Waals surface area contributed by atoms with Crippen LogP contribution in [0.1, 0.15) is 18.0 Å². The van der Waals surface area contributed by atoms with E-state index >= 15 is 0 Å². The molecule has 0 aromatic carbocycles. The molecule has 8 heteroatoms. The minimum Gasteiger partial charge on any atom is -0.468 e. The van der Waals surface area contributed by atoms with E-state index in [1.54, 1.807) is 0 Å². The van der Waals surface area contributed by atoms with Crippen LogP contribution in [0.25, 0.3) is 5.32 Å². The number of hydrogen-bond acceptors (Lipinski definition) is 1. The van der Waals surface area contributed by atoms with Gasteiger partial charge in [0.25, 0.3) is 5.92 Å². The Morgan fingerprint density at radius 3 is 2.59 bits per heavy atom. The van der Waals surface area contributed by atoms with Crippen molar-refractivity contribution < 1.29 is 60.2 Å². The molecule has 1 aliphatic carbocycles.